The Morgan fingerprint density at radius 3 is 3.00 bits per heavy atom. The van der Waals surface area contributed by atoms with Gasteiger partial charge in [-0.1, -0.05) is 18.2 Å². The standard InChI is InChI=1S/C12H14O/c13-11-4-2-1-3-10-8-5-6-9(7-8)12(10)11/h2,4-6,8-10,12H,1,3,7H2/t8-,9+,10-,12-/m0/s1. The molecule has 68 valence electrons. The van der Waals surface area contributed by atoms with Crippen LogP contribution in [-0.2, 0) is 4.79 Å². The van der Waals surface area contributed by atoms with Gasteiger partial charge in [-0.15, -0.1) is 0 Å². The summed E-state index contributed by atoms with van der Waals surface area (Å²) in [5.41, 5.74) is 0. The summed E-state index contributed by atoms with van der Waals surface area (Å²) in [5, 5.41) is 0. The Balaban J connectivity index is 1.98. The summed E-state index contributed by atoms with van der Waals surface area (Å²) >= 11 is 0. The summed E-state index contributed by atoms with van der Waals surface area (Å²) in [6.45, 7) is 0. The Hall–Kier alpha value is -0.850. The fourth-order valence-electron chi connectivity index (χ4n) is 3.34. The second kappa shape index (κ2) is 2.57. The highest BCUT2D eigenvalue weighted by Gasteiger charge is 2.46. The Labute approximate surface area is 78.5 Å². The van der Waals surface area contributed by atoms with Crippen LogP contribution in [0.1, 0.15) is 19.3 Å². The third-order valence-corrected chi connectivity index (χ3v) is 3.90. The number of allylic oxidation sites excluding steroid dienone is 4. The lowest BCUT2D eigenvalue weighted by atomic mass is 9.79. The monoisotopic (exact) mass is 174 g/mol. The zero-order valence-electron chi connectivity index (χ0n) is 7.65. The second-order valence-corrected chi connectivity index (χ2v) is 4.52. The van der Waals surface area contributed by atoms with Gasteiger partial charge in [0.05, 0.1) is 0 Å². The molecule has 1 fully saturated rings. The highest BCUT2D eigenvalue weighted by molar-refractivity contribution is 5.93. The van der Waals surface area contributed by atoms with E-state index in [1.165, 1.54) is 12.8 Å². The molecule has 1 saturated carbocycles. The molecule has 0 N–H and O–H groups in total. The van der Waals surface area contributed by atoms with Crippen molar-refractivity contribution >= 4 is 5.78 Å². The smallest absolute Gasteiger partial charge is 0.159 e. The molecule has 0 unspecified atom stereocenters. The minimum absolute atomic E-state index is 0.341. The molecular weight excluding hydrogens is 160 g/mol. The van der Waals surface area contributed by atoms with Gasteiger partial charge in [-0.3, -0.25) is 4.79 Å². The van der Waals surface area contributed by atoms with E-state index in [-0.39, 0.29) is 0 Å². The molecular formula is C12H14O. The zero-order chi connectivity index (χ0) is 8.84. The average Bonchev–Trinajstić information content (AvgIpc) is 2.66. The minimum atomic E-state index is 0.341. The van der Waals surface area contributed by atoms with Crippen molar-refractivity contribution in [1.82, 2.24) is 0 Å². The van der Waals surface area contributed by atoms with Gasteiger partial charge in [0.2, 0.25) is 0 Å². The van der Waals surface area contributed by atoms with E-state index >= 15 is 0 Å². The predicted octanol–water partition coefficient (Wildman–Crippen LogP) is 2.34. The van der Waals surface area contributed by atoms with Gasteiger partial charge >= 0.3 is 0 Å². The van der Waals surface area contributed by atoms with Crippen LogP contribution in [0.5, 0.6) is 0 Å². The Kier molecular flexibility index (Phi) is 1.49. The molecule has 0 aromatic heterocycles. The molecule has 13 heavy (non-hydrogen) atoms. The Morgan fingerprint density at radius 1 is 1.23 bits per heavy atom. The number of carbonyl (C=O) groups is 1. The fraction of sp³-hybridized carbons (Fsp3) is 0.583. The van der Waals surface area contributed by atoms with Crippen molar-refractivity contribution < 1.29 is 4.79 Å². The first kappa shape index (κ1) is 7.54. The van der Waals surface area contributed by atoms with Gasteiger partial charge in [-0.05, 0) is 43.1 Å². The molecule has 4 atom stereocenters. The van der Waals surface area contributed by atoms with E-state index in [0.717, 1.165) is 12.3 Å². The summed E-state index contributed by atoms with van der Waals surface area (Å²) in [7, 11) is 0. The van der Waals surface area contributed by atoms with Crippen LogP contribution in [0.2, 0.25) is 0 Å². The van der Waals surface area contributed by atoms with Gasteiger partial charge in [0.1, 0.15) is 0 Å². The number of ketones is 1. The quantitative estimate of drug-likeness (QED) is 0.515. The summed E-state index contributed by atoms with van der Waals surface area (Å²) in [6.07, 6.45) is 12.0. The fourth-order valence-corrected chi connectivity index (χ4v) is 3.34. The van der Waals surface area contributed by atoms with E-state index < -0.39 is 0 Å². The number of hydrogen-bond acceptors (Lipinski definition) is 1. The number of fused-ring (bicyclic) bond motifs is 5. The topological polar surface area (TPSA) is 17.1 Å². The van der Waals surface area contributed by atoms with Crippen molar-refractivity contribution in [2.75, 3.05) is 0 Å². The van der Waals surface area contributed by atoms with E-state index in [1.807, 2.05) is 6.08 Å². The number of carbonyl (C=O) groups excluding carboxylic acids is 1. The normalized spacial score (nSPS) is 46.6. The maximum atomic E-state index is 11.8. The van der Waals surface area contributed by atoms with Gasteiger partial charge < -0.3 is 0 Å². The molecule has 0 amide bonds. The lowest BCUT2D eigenvalue weighted by Crippen LogP contribution is -2.25. The summed E-state index contributed by atoms with van der Waals surface area (Å²) in [5.74, 6) is 2.69. The molecule has 2 bridgehead atoms. The molecule has 1 nitrogen and oxygen atoms in total. The third-order valence-electron chi connectivity index (χ3n) is 3.90. The molecule has 0 heterocycles. The zero-order valence-corrected chi connectivity index (χ0v) is 7.65. The van der Waals surface area contributed by atoms with Crippen molar-refractivity contribution in [2.24, 2.45) is 23.7 Å². The van der Waals surface area contributed by atoms with Crippen LogP contribution in [0.15, 0.2) is 24.3 Å². The average molecular weight is 174 g/mol. The van der Waals surface area contributed by atoms with Crippen molar-refractivity contribution in [3.8, 4) is 0 Å². The number of hydrogen-bond donors (Lipinski definition) is 0. The van der Waals surface area contributed by atoms with Crippen molar-refractivity contribution in [3.05, 3.63) is 24.3 Å². The maximum absolute atomic E-state index is 11.8. The first-order valence-corrected chi connectivity index (χ1v) is 5.25. The molecule has 0 aromatic rings. The first-order chi connectivity index (χ1) is 6.36. The van der Waals surface area contributed by atoms with Crippen LogP contribution in [0, 0.1) is 23.7 Å². The van der Waals surface area contributed by atoms with Crippen molar-refractivity contribution in [1.29, 1.82) is 0 Å². The molecule has 3 rings (SSSR count). The third kappa shape index (κ3) is 0.962. The van der Waals surface area contributed by atoms with Crippen LogP contribution in [0.25, 0.3) is 0 Å². The van der Waals surface area contributed by atoms with E-state index in [1.54, 1.807) is 0 Å². The van der Waals surface area contributed by atoms with Crippen molar-refractivity contribution in [3.63, 3.8) is 0 Å². The Morgan fingerprint density at radius 2 is 2.08 bits per heavy atom. The summed E-state index contributed by atoms with van der Waals surface area (Å²) < 4.78 is 0. The summed E-state index contributed by atoms with van der Waals surface area (Å²) in [4.78, 5) is 11.8. The van der Waals surface area contributed by atoms with E-state index in [2.05, 4.69) is 18.2 Å². The predicted molar refractivity (Wildman–Crippen MR) is 51.1 cm³/mol. The minimum Gasteiger partial charge on any atom is -0.295 e. The van der Waals surface area contributed by atoms with Gasteiger partial charge in [0.15, 0.2) is 5.78 Å². The molecule has 0 spiro atoms. The molecule has 0 saturated heterocycles. The van der Waals surface area contributed by atoms with Crippen LogP contribution in [-0.4, -0.2) is 5.78 Å². The molecule has 3 aliphatic carbocycles. The lowest BCUT2D eigenvalue weighted by Gasteiger charge is -2.24. The summed E-state index contributed by atoms with van der Waals surface area (Å²) in [6, 6.07) is 0. The van der Waals surface area contributed by atoms with E-state index in [4.69, 9.17) is 0 Å². The molecule has 0 radical (unpaired) electrons. The second-order valence-electron chi connectivity index (χ2n) is 4.52. The Bertz CT molecular complexity index is 300. The molecule has 0 aliphatic heterocycles. The van der Waals surface area contributed by atoms with Gasteiger partial charge in [0.25, 0.3) is 0 Å². The van der Waals surface area contributed by atoms with Crippen LogP contribution in [0.3, 0.4) is 0 Å². The highest BCUT2D eigenvalue weighted by atomic mass is 16.1. The van der Waals surface area contributed by atoms with Crippen molar-refractivity contribution in [2.45, 2.75) is 19.3 Å². The molecule has 0 aromatic carbocycles. The lowest BCUT2D eigenvalue weighted by molar-refractivity contribution is -0.120. The highest BCUT2D eigenvalue weighted by Crippen LogP contribution is 2.50. The SMILES string of the molecule is O=C1C=CCC[C@@H]2[C@@H]1[C@@H]1C=C[C@H]2C1. The van der Waals surface area contributed by atoms with Crippen LogP contribution in [0.4, 0.5) is 0 Å². The molecule has 1 heteroatoms. The van der Waals surface area contributed by atoms with E-state index in [9.17, 15) is 4.79 Å². The van der Waals surface area contributed by atoms with Gasteiger partial charge in [-0.25, -0.2) is 0 Å². The van der Waals surface area contributed by atoms with Gasteiger partial charge in [-0.2, -0.15) is 0 Å². The largest absolute Gasteiger partial charge is 0.295 e. The van der Waals surface area contributed by atoms with E-state index in [0.29, 0.717) is 23.5 Å². The van der Waals surface area contributed by atoms with Crippen LogP contribution >= 0.6 is 0 Å². The van der Waals surface area contributed by atoms with Crippen LogP contribution < -0.4 is 0 Å². The maximum Gasteiger partial charge on any atom is 0.159 e. The van der Waals surface area contributed by atoms with Gasteiger partial charge in [0, 0.05) is 5.92 Å². The number of rotatable bonds is 0. The first-order valence-electron chi connectivity index (χ1n) is 5.25. The molecule has 3 aliphatic rings.